The van der Waals surface area contributed by atoms with Crippen LogP contribution in [-0.2, 0) is 10.1 Å². The van der Waals surface area contributed by atoms with Crippen molar-refractivity contribution in [1.29, 1.82) is 0 Å². The predicted molar refractivity (Wildman–Crippen MR) is 130 cm³/mol. The Bertz CT molecular complexity index is 1880. The van der Waals surface area contributed by atoms with Crippen molar-refractivity contribution in [1.82, 2.24) is 0 Å². The number of aryl methyl sites for hydroxylation is 1. The quantitative estimate of drug-likeness (QED) is 0.101. The Kier molecular flexibility index (Phi) is 10.4. The predicted octanol–water partition coefficient (Wildman–Crippen LogP) is 4.56. The molecule has 0 radical (unpaired) electrons. The molecular weight excluding hydrogens is 639 g/mol. The van der Waals surface area contributed by atoms with Crippen LogP contribution in [0.5, 0.6) is 23.0 Å². The fourth-order valence-corrected chi connectivity index (χ4v) is 4.40. The molecule has 4 aromatic rings. The molecule has 0 aliphatic heterocycles. The molecule has 0 heterocycles. The Morgan fingerprint density at radius 3 is 1.70 bits per heavy atom. The van der Waals surface area contributed by atoms with Gasteiger partial charge in [-0.3, -0.25) is 0 Å². The number of terminal acetylenes is 1. The van der Waals surface area contributed by atoms with Gasteiger partial charge in [-0.1, -0.05) is 12.0 Å². The van der Waals surface area contributed by atoms with Gasteiger partial charge >= 0.3 is 51.4 Å². The van der Waals surface area contributed by atoms with Crippen molar-refractivity contribution in [3.63, 3.8) is 0 Å². The number of halogens is 8. The SMILES string of the molecule is C#Cc1ccc(C)cc1Oc1ccc(Oc2c(F)c(F)c(-c3c(F)c(F)c(C)c(F)c3F)c(F)c2F)c(S(=O)(=O)[O-])c1.[K+]. The molecule has 0 aliphatic carbocycles. The minimum absolute atomic E-state index is 0. The Labute approximate surface area is 281 Å². The maximum absolute atomic E-state index is 14.9. The van der Waals surface area contributed by atoms with Gasteiger partial charge in [0.05, 0.1) is 16.7 Å². The standard InChI is InChI=1S/C28H14F8O5S.K/c1-4-13-6-5-11(2)9-16(13)40-14-7-8-15(17(10-14)42(37,38)39)41-28-26(35)24(33)19(25(34)27(28)36)18-22(31)20(29)12(3)21(30)23(18)32;/h1,5-10H,2-3H3,(H,37,38,39);/q;+1/p-1. The van der Waals surface area contributed by atoms with Crippen molar-refractivity contribution in [2.24, 2.45) is 0 Å². The molecule has 0 saturated carbocycles. The third-order valence-corrected chi connectivity index (χ3v) is 6.73. The molecule has 43 heavy (non-hydrogen) atoms. The van der Waals surface area contributed by atoms with E-state index in [-0.39, 0.29) is 68.4 Å². The largest absolute Gasteiger partial charge is 1.00 e. The summed E-state index contributed by atoms with van der Waals surface area (Å²) in [5.41, 5.74) is -4.57. The van der Waals surface area contributed by atoms with E-state index in [1.165, 1.54) is 12.1 Å². The summed E-state index contributed by atoms with van der Waals surface area (Å²) in [6, 6.07) is 6.79. The molecule has 0 aliphatic rings. The first kappa shape index (κ1) is 34.5. The van der Waals surface area contributed by atoms with Gasteiger partial charge in [0.15, 0.2) is 34.9 Å². The Hall–Kier alpha value is -2.97. The van der Waals surface area contributed by atoms with Crippen LogP contribution in [0.1, 0.15) is 16.7 Å². The van der Waals surface area contributed by atoms with Gasteiger partial charge in [0.2, 0.25) is 17.4 Å². The van der Waals surface area contributed by atoms with Crippen molar-refractivity contribution in [2.75, 3.05) is 0 Å². The van der Waals surface area contributed by atoms with E-state index in [0.29, 0.717) is 24.6 Å². The third kappa shape index (κ3) is 6.46. The van der Waals surface area contributed by atoms with Crippen LogP contribution in [0.3, 0.4) is 0 Å². The Balaban J connectivity index is 0.00000506. The molecule has 0 aromatic heterocycles. The first-order valence-electron chi connectivity index (χ1n) is 11.3. The molecule has 5 nitrogen and oxygen atoms in total. The van der Waals surface area contributed by atoms with E-state index in [4.69, 9.17) is 15.9 Å². The van der Waals surface area contributed by atoms with E-state index in [2.05, 4.69) is 5.92 Å². The van der Waals surface area contributed by atoms with Gasteiger partial charge in [0, 0.05) is 11.6 Å². The Morgan fingerprint density at radius 2 is 1.21 bits per heavy atom. The normalized spacial score (nSPS) is 11.1. The van der Waals surface area contributed by atoms with E-state index < -0.39 is 89.7 Å². The van der Waals surface area contributed by atoms with Crippen LogP contribution >= 0.6 is 0 Å². The van der Waals surface area contributed by atoms with Crippen molar-refractivity contribution in [3.8, 4) is 46.5 Å². The van der Waals surface area contributed by atoms with Crippen LogP contribution in [0, 0.1) is 72.7 Å². The molecule has 0 amide bonds. The van der Waals surface area contributed by atoms with Gasteiger partial charge in [0.25, 0.3) is 0 Å². The molecule has 0 spiro atoms. The fourth-order valence-electron chi connectivity index (χ4n) is 3.78. The summed E-state index contributed by atoms with van der Waals surface area (Å²) in [5, 5.41) is 0. The summed E-state index contributed by atoms with van der Waals surface area (Å²) in [6.07, 6.45) is 5.39. The van der Waals surface area contributed by atoms with Crippen molar-refractivity contribution in [3.05, 3.63) is 99.6 Å². The summed E-state index contributed by atoms with van der Waals surface area (Å²) in [7, 11) is -5.52. The topological polar surface area (TPSA) is 75.7 Å². The van der Waals surface area contributed by atoms with Crippen molar-refractivity contribution < 1.29 is 109 Å². The fraction of sp³-hybridized carbons (Fsp3) is 0.0714. The molecular formula is C28H13F8KO5S. The molecule has 0 N–H and O–H groups in total. The molecule has 218 valence electrons. The summed E-state index contributed by atoms with van der Waals surface area (Å²) >= 11 is 0. The monoisotopic (exact) mass is 652 g/mol. The smallest absolute Gasteiger partial charge is 0.744 e. The average Bonchev–Trinajstić information content (AvgIpc) is 2.94. The van der Waals surface area contributed by atoms with E-state index in [0.717, 1.165) is 6.07 Å². The summed E-state index contributed by atoms with van der Waals surface area (Å²) < 4.78 is 162. The van der Waals surface area contributed by atoms with Gasteiger partial charge in [-0.05, 0) is 43.7 Å². The second-order valence-corrected chi connectivity index (χ2v) is 9.97. The zero-order chi connectivity index (χ0) is 31.3. The van der Waals surface area contributed by atoms with Crippen LogP contribution < -0.4 is 60.9 Å². The number of hydrogen-bond donors (Lipinski definition) is 0. The van der Waals surface area contributed by atoms with E-state index in [1.807, 2.05) is 0 Å². The summed E-state index contributed by atoms with van der Waals surface area (Å²) in [5.74, 6) is -20.1. The molecule has 4 aromatic carbocycles. The van der Waals surface area contributed by atoms with Crippen molar-refractivity contribution >= 4 is 10.1 Å². The van der Waals surface area contributed by atoms with Gasteiger partial charge in [-0.2, -0.15) is 8.78 Å². The number of ether oxygens (including phenoxy) is 2. The molecule has 0 fully saturated rings. The molecule has 15 heteroatoms. The average molecular weight is 653 g/mol. The first-order valence-corrected chi connectivity index (χ1v) is 12.7. The van der Waals surface area contributed by atoms with Crippen LogP contribution in [0.2, 0.25) is 0 Å². The Morgan fingerprint density at radius 1 is 0.698 bits per heavy atom. The zero-order valence-corrected chi connectivity index (χ0v) is 26.0. The van der Waals surface area contributed by atoms with E-state index in [1.54, 1.807) is 13.0 Å². The van der Waals surface area contributed by atoms with Crippen LogP contribution in [0.25, 0.3) is 11.1 Å². The zero-order valence-electron chi connectivity index (χ0n) is 22.0. The van der Waals surface area contributed by atoms with Crippen molar-refractivity contribution in [2.45, 2.75) is 18.7 Å². The van der Waals surface area contributed by atoms with Gasteiger partial charge in [0.1, 0.15) is 32.3 Å². The maximum atomic E-state index is 14.9. The minimum atomic E-state index is -5.52. The summed E-state index contributed by atoms with van der Waals surface area (Å²) in [4.78, 5) is -1.31. The van der Waals surface area contributed by atoms with Crippen LogP contribution in [-0.4, -0.2) is 13.0 Å². The molecule has 0 unspecified atom stereocenters. The molecule has 4 rings (SSSR count). The maximum Gasteiger partial charge on any atom is 1.00 e. The van der Waals surface area contributed by atoms with Gasteiger partial charge in [-0.15, -0.1) is 6.42 Å². The van der Waals surface area contributed by atoms with E-state index in [9.17, 15) is 48.1 Å². The van der Waals surface area contributed by atoms with Gasteiger partial charge in [-0.25, -0.2) is 34.8 Å². The number of benzene rings is 4. The number of hydrogen-bond acceptors (Lipinski definition) is 5. The molecule has 0 saturated heterocycles. The second-order valence-electron chi connectivity index (χ2n) is 8.63. The molecule has 0 bridgehead atoms. The van der Waals surface area contributed by atoms with Gasteiger partial charge < -0.3 is 14.0 Å². The van der Waals surface area contributed by atoms with E-state index >= 15 is 0 Å². The second kappa shape index (κ2) is 12.9. The summed E-state index contributed by atoms with van der Waals surface area (Å²) in [6.45, 7) is 2.27. The molecule has 0 atom stereocenters. The van der Waals surface area contributed by atoms with Crippen LogP contribution in [0.4, 0.5) is 35.1 Å². The first-order chi connectivity index (χ1) is 19.6. The van der Waals surface area contributed by atoms with Crippen LogP contribution in [0.15, 0.2) is 41.3 Å². The third-order valence-electron chi connectivity index (χ3n) is 5.87. The minimum Gasteiger partial charge on any atom is -0.744 e. The number of rotatable bonds is 6.